The Bertz CT molecular complexity index is 583. The minimum absolute atomic E-state index is 0.142. The lowest BCUT2D eigenvalue weighted by Crippen LogP contribution is -2.15. The number of hydrogen-bond donors (Lipinski definition) is 1. The van der Waals surface area contributed by atoms with Crippen LogP contribution in [-0.4, -0.2) is 41.4 Å². The summed E-state index contributed by atoms with van der Waals surface area (Å²) in [6, 6.07) is 5.42. The van der Waals surface area contributed by atoms with Crippen LogP contribution >= 0.6 is 0 Å². The molecular formula is C14H21NO5S. The number of rotatable bonds is 8. The van der Waals surface area contributed by atoms with Gasteiger partial charge in [0.05, 0.1) is 32.1 Å². The summed E-state index contributed by atoms with van der Waals surface area (Å²) < 4.78 is 33.8. The Hall–Kier alpha value is -1.60. The second-order valence-electron chi connectivity index (χ2n) is 4.59. The van der Waals surface area contributed by atoms with E-state index in [1.807, 2.05) is 13.1 Å². The highest BCUT2D eigenvalue weighted by molar-refractivity contribution is 7.90. The van der Waals surface area contributed by atoms with E-state index in [-0.39, 0.29) is 17.9 Å². The van der Waals surface area contributed by atoms with Gasteiger partial charge in [0.25, 0.3) is 0 Å². The third-order valence-corrected chi connectivity index (χ3v) is 4.52. The molecule has 0 aliphatic heterocycles. The van der Waals surface area contributed by atoms with E-state index in [1.165, 1.54) is 14.2 Å². The van der Waals surface area contributed by atoms with Gasteiger partial charge in [0, 0.05) is 12.1 Å². The molecule has 0 heterocycles. The molecule has 1 aromatic carbocycles. The summed E-state index contributed by atoms with van der Waals surface area (Å²) in [4.78, 5) is 11.1. The van der Waals surface area contributed by atoms with Crippen LogP contribution in [0.15, 0.2) is 18.2 Å². The first-order chi connectivity index (χ1) is 9.91. The van der Waals surface area contributed by atoms with Crippen LogP contribution in [0.25, 0.3) is 0 Å². The van der Waals surface area contributed by atoms with Gasteiger partial charge in [-0.15, -0.1) is 0 Å². The molecule has 0 fully saturated rings. The molecule has 1 N–H and O–H groups in total. The van der Waals surface area contributed by atoms with E-state index in [1.54, 1.807) is 12.1 Å². The van der Waals surface area contributed by atoms with Crippen molar-refractivity contribution in [3.63, 3.8) is 0 Å². The van der Waals surface area contributed by atoms with Crippen molar-refractivity contribution in [2.45, 2.75) is 18.7 Å². The van der Waals surface area contributed by atoms with Crippen molar-refractivity contribution in [1.82, 2.24) is 5.32 Å². The Morgan fingerprint density at radius 3 is 2.57 bits per heavy atom. The third kappa shape index (κ3) is 5.73. The monoisotopic (exact) mass is 315 g/mol. The van der Waals surface area contributed by atoms with Gasteiger partial charge in [-0.2, -0.15) is 0 Å². The smallest absolute Gasteiger partial charge is 0.306 e. The predicted octanol–water partition coefficient (Wildman–Crippen LogP) is 0.892. The number of ether oxygens (including phenoxy) is 2. The fourth-order valence-corrected chi connectivity index (χ4v) is 3.23. The van der Waals surface area contributed by atoms with Crippen molar-refractivity contribution in [1.29, 1.82) is 0 Å². The molecule has 0 amide bonds. The Labute approximate surface area is 125 Å². The lowest BCUT2D eigenvalue weighted by Gasteiger charge is -2.11. The molecule has 0 unspecified atom stereocenters. The zero-order chi connectivity index (χ0) is 15.9. The molecule has 0 aliphatic carbocycles. The zero-order valence-electron chi connectivity index (χ0n) is 12.5. The van der Waals surface area contributed by atoms with Crippen LogP contribution in [0.2, 0.25) is 0 Å². The molecule has 0 aromatic heterocycles. The van der Waals surface area contributed by atoms with Crippen LogP contribution in [0.3, 0.4) is 0 Å². The largest absolute Gasteiger partial charge is 0.496 e. The number of hydrogen-bond acceptors (Lipinski definition) is 6. The van der Waals surface area contributed by atoms with Crippen molar-refractivity contribution in [3.05, 3.63) is 29.3 Å². The van der Waals surface area contributed by atoms with Gasteiger partial charge in [-0.05, 0) is 24.7 Å². The molecule has 7 heteroatoms. The van der Waals surface area contributed by atoms with Crippen molar-refractivity contribution in [3.8, 4) is 5.75 Å². The molecule has 0 saturated carbocycles. The van der Waals surface area contributed by atoms with Crippen molar-refractivity contribution in [2.75, 3.05) is 27.0 Å². The summed E-state index contributed by atoms with van der Waals surface area (Å²) in [7, 11) is 1.14. The molecular weight excluding hydrogens is 294 g/mol. The normalized spacial score (nSPS) is 11.2. The number of sulfone groups is 1. The predicted molar refractivity (Wildman–Crippen MR) is 79.9 cm³/mol. The topological polar surface area (TPSA) is 81.7 Å². The van der Waals surface area contributed by atoms with Crippen molar-refractivity contribution < 1.29 is 22.7 Å². The van der Waals surface area contributed by atoms with E-state index in [0.29, 0.717) is 17.9 Å². The maximum absolute atomic E-state index is 12.1. The number of benzene rings is 1. The van der Waals surface area contributed by atoms with Crippen molar-refractivity contribution in [2.24, 2.45) is 0 Å². The lowest BCUT2D eigenvalue weighted by atomic mass is 10.1. The highest BCUT2D eigenvalue weighted by Crippen LogP contribution is 2.22. The van der Waals surface area contributed by atoms with E-state index in [4.69, 9.17) is 4.74 Å². The molecule has 0 atom stereocenters. The van der Waals surface area contributed by atoms with Gasteiger partial charge in [-0.1, -0.05) is 6.07 Å². The average molecular weight is 315 g/mol. The van der Waals surface area contributed by atoms with Gasteiger partial charge in [-0.3, -0.25) is 4.79 Å². The minimum Gasteiger partial charge on any atom is -0.496 e. The molecule has 1 rings (SSSR count). The first kappa shape index (κ1) is 17.5. The van der Waals surface area contributed by atoms with E-state index in [9.17, 15) is 13.2 Å². The van der Waals surface area contributed by atoms with Crippen LogP contribution in [0.5, 0.6) is 5.75 Å². The molecule has 118 valence electrons. The van der Waals surface area contributed by atoms with Crippen LogP contribution in [0, 0.1) is 0 Å². The SMILES string of the molecule is CNCc1ccc(OC)c(CS(=O)(=O)CCC(=O)OC)c1. The van der Waals surface area contributed by atoms with Gasteiger partial charge < -0.3 is 14.8 Å². The highest BCUT2D eigenvalue weighted by Gasteiger charge is 2.17. The molecule has 6 nitrogen and oxygen atoms in total. The molecule has 1 aromatic rings. The standard InChI is InChI=1S/C14H21NO5S/c1-15-9-11-4-5-13(19-2)12(8-11)10-21(17,18)7-6-14(16)20-3/h4-5,8,15H,6-7,9-10H2,1-3H3. The first-order valence-corrected chi connectivity index (χ1v) is 8.31. The van der Waals surface area contributed by atoms with Crippen LogP contribution < -0.4 is 10.1 Å². The summed E-state index contributed by atoms with van der Waals surface area (Å²) in [6.45, 7) is 0.638. The summed E-state index contributed by atoms with van der Waals surface area (Å²) >= 11 is 0. The molecule has 0 radical (unpaired) electrons. The van der Waals surface area contributed by atoms with Gasteiger partial charge in [-0.25, -0.2) is 8.42 Å². The quantitative estimate of drug-likeness (QED) is 0.718. The van der Waals surface area contributed by atoms with Crippen LogP contribution in [0.1, 0.15) is 17.5 Å². The first-order valence-electron chi connectivity index (χ1n) is 6.49. The van der Waals surface area contributed by atoms with Crippen molar-refractivity contribution >= 4 is 15.8 Å². The Kier molecular flexibility index (Phi) is 6.64. The fourth-order valence-electron chi connectivity index (χ4n) is 1.91. The highest BCUT2D eigenvalue weighted by atomic mass is 32.2. The van der Waals surface area contributed by atoms with Crippen LogP contribution in [0.4, 0.5) is 0 Å². The summed E-state index contributed by atoms with van der Waals surface area (Å²) in [5.41, 5.74) is 1.56. The number of esters is 1. The maximum atomic E-state index is 12.1. The van der Waals surface area contributed by atoms with E-state index in [0.717, 1.165) is 5.56 Å². The van der Waals surface area contributed by atoms with Gasteiger partial charge in [0.1, 0.15) is 5.75 Å². The number of methoxy groups -OCH3 is 2. The van der Waals surface area contributed by atoms with Gasteiger partial charge >= 0.3 is 5.97 Å². The third-order valence-electron chi connectivity index (χ3n) is 2.95. The molecule has 0 saturated heterocycles. The minimum atomic E-state index is -3.41. The average Bonchev–Trinajstić information content (AvgIpc) is 2.45. The summed E-state index contributed by atoms with van der Waals surface area (Å²) in [5, 5.41) is 3.01. The molecule has 0 bridgehead atoms. The second kappa shape index (κ2) is 7.99. The van der Waals surface area contributed by atoms with E-state index < -0.39 is 15.8 Å². The van der Waals surface area contributed by atoms with E-state index >= 15 is 0 Å². The van der Waals surface area contributed by atoms with E-state index in [2.05, 4.69) is 10.1 Å². The summed E-state index contributed by atoms with van der Waals surface area (Å²) in [6.07, 6.45) is -0.142. The van der Waals surface area contributed by atoms with Gasteiger partial charge in [0.2, 0.25) is 0 Å². The fraction of sp³-hybridized carbons (Fsp3) is 0.500. The zero-order valence-corrected chi connectivity index (χ0v) is 13.3. The maximum Gasteiger partial charge on any atom is 0.306 e. The Morgan fingerprint density at radius 2 is 2.00 bits per heavy atom. The number of carbonyl (C=O) groups excluding carboxylic acids is 1. The Balaban J connectivity index is 2.88. The number of nitrogens with one attached hydrogen (secondary N) is 1. The van der Waals surface area contributed by atoms with Crippen LogP contribution in [-0.2, 0) is 31.7 Å². The Morgan fingerprint density at radius 1 is 1.29 bits per heavy atom. The summed E-state index contributed by atoms with van der Waals surface area (Å²) in [5.74, 6) is -0.407. The molecule has 21 heavy (non-hydrogen) atoms. The molecule has 0 spiro atoms. The number of carbonyl (C=O) groups is 1. The molecule has 0 aliphatic rings. The second-order valence-corrected chi connectivity index (χ2v) is 6.78. The van der Waals surface area contributed by atoms with Gasteiger partial charge in [0.15, 0.2) is 9.84 Å². The lowest BCUT2D eigenvalue weighted by molar-refractivity contribution is -0.140.